The summed E-state index contributed by atoms with van der Waals surface area (Å²) in [5, 5.41) is 3.08. The largest absolute Gasteiger partial charge is 0.352 e. The molecule has 148 valence electrons. The number of hydrogen-bond acceptors (Lipinski definition) is 3. The van der Waals surface area contributed by atoms with Gasteiger partial charge < -0.3 is 10.2 Å². The number of amides is 2. The monoisotopic (exact) mass is 371 g/mol. The highest BCUT2D eigenvalue weighted by Gasteiger charge is 2.38. The van der Waals surface area contributed by atoms with Crippen LogP contribution < -0.4 is 5.32 Å². The van der Waals surface area contributed by atoms with Crippen LogP contribution in [0.25, 0.3) is 0 Å². The maximum atomic E-state index is 12.7. The van der Waals surface area contributed by atoms with Crippen LogP contribution in [-0.4, -0.2) is 47.3 Å². The van der Waals surface area contributed by atoms with E-state index < -0.39 is 0 Å². The maximum Gasteiger partial charge on any atom is 0.225 e. The number of rotatable bonds is 7. The molecule has 1 aromatic rings. The van der Waals surface area contributed by atoms with Gasteiger partial charge in [0.1, 0.15) is 0 Å². The first-order valence-corrected chi connectivity index (χ1v) is 10.3. The van der Waals surface area contributed by atoms with Crippen LogP contribution in [0.1, 0.15) is 57.1 Å². The normalized spacial score (nSPS) is 20.9. The Morgan fingerprint density at radius 1 is 1.22 bits per heavy atom. The highest BCUT2D eigenvalue weighted by Crippen LogP contribution is 2.29. The third-order valence-corrected chi connectivity index (χ3v) is 6.17. The van der Waals surface area contributed by atoms with Gasteiger partial charge in [-0.05, 0) is 44.9 Å². The molecule has 2 fully saturated rings. The lowest BCUT2D eigenvalue weighted by molar-refractivity contribution is -0.130. The number of benzene rings is 1. The van der Waals surface area contributed by atoms with Crippen molar-refractivity contribution in [3.05, 3.63) is 35.4 Å². The molecular formula is C22H33N3O2. The zero-order chi connectivity index (χ0) is 19.4. The minimum Gasteiger partial charge on any atom is -0.352 e. The molecule has 27 heavy (non-hydrogen) atoms. The molecule has 1 aliphatic heterocycles. The fourth-order valence-corrected chi connectivity index (χ4v) is 4.14. The Balaban J connectivity index is 1.56. The quantitative estimate of drug-likeness (QED) is 0.802. The van der Waals surface area contributed by atoms with Crippen molar-refractivity contribution in [3.63, 3.8) is 0 Å². The summed E-state index contributed by atoms with van der Waals surface area (Å²) in [5.41, 5.74) is 2.39. The zero-order valence-electron chi connectivity index (χ0n) is 16.9. The van der Waals surface area contributed by atoms with Gasteiger partial charge in [-0.25, -0.2) is 0 Å². The minimum absolute atomic E-state index is 0.0101. The number of carbonyl (C=O) groups is 2. The molecule has 5 nitrogen and oxygen atoms in total. The summed E-state index contributed by atoms with van der Waals surface area (Å²) in [5.74, 6) is -0.0412. The predicted octanol–water partition coefficient (Wildman–Crippen LogP) is 2.93. The molecule has 1 unspecified atom stereocenters. The Labute approximate surface area is 163 Å². The van der Waals surface area contributed by atoms with Crippen LogP contribution in [0.4, 0.5) is 0 Å². The summed E-state index contributed by atoms with van der Waals surface area (Å²) in [6.45, 7) is 6.33. The highest BCUT2D eigenvalue weighted by atomic mass is 16.2. The van der Waals surface area contributed by atoms with Crippen LogP contribution >= 0.6 is 0 Å². The fraction of sp³-hybridized carbons (Fsp3) is 0.636. The second-order valence-electron chi connectivity index (χ2n) is 8.38. The molecule has 1 atom stereocenters. The molecule has 3 rings (SSSR count). The van der Waals surface area contributed by atoms with Crippen molar-refractivity contribution in [1.82, 2.24) is 15.1 Å². The number of likely N-dealkylation sites (tertiary alicyclic amines) is 1. The van der Waals surface area contributed by atoms with Gasteiger partial charge in [0, 0.05) is 38.1 Å². The van der Waals surface area contributed by atoms with Gasteiger partial charge in [0.25, 0.3) is 0 Å². The standard InChI is InChI=1S/C22H33N3O2/c1-16(2)24(3)14-18-9-5-4-8-17(18)13-23-22(27)19-12-21(26)25(15-19)20-10-6-7-11-20/h4-5,8-9,16,19-20H,6-7,10-15H2,1-3H3,(H,23,27). The van der Waals surface area contributed by atoms with E-state index in [1.54, 1.807) is 0 Å². The second kappa shape index (κ2) is 8.87. The van der Waals surface area contributed by atoms with Gasteiger partial charge >= 0.3 is 0 Å². The smallest absolute Gasteiger partial charge is 0.225 e. The molecule has 0 bridgehead atoms. The van der Waals surface area contributed by atoms with Crippen LogP contribution in [0.15, 0.2) is 24.3 Å². The summed E-state index contributed by atoms with van der Waals surface area (Å²) in [6.07, 6.45) is 4.95. The average Bonchev–Trinajstić information content (AvgIpc) is 3.30. The number of carbonyl (C=O) groups excluding carboxylic acids is 2. The average molecular weight is 372 g/mol. The van der Waals surface area contributed by atoms with Crippen molar-refractivity contribution in [2.45, 2.75) is 71.1 Å². The van der Waals surface area contributed by atoms with E-state index >= 15 is 0 Å². The predicted molar refractivity (Wildman–Crippen MR) is 107 cm³/mol. The Morgan fingerprint density at radius 2 is 1.89 bits per heavy atom. The molecule has 1 saturated heterocycles. The first kappa shape index (κ1) is 19.9. The van der Waals surface area contributed by atoms with Gasteiger partial charge in [-0.2, -0.15) is 0 Å². The van der Waals surface area contributed by atoms with Crippen molar-refractivity contribution in [3.8, 4) is 0 Å². The first-order chi connectivity index (χ1) is 13.0. The molecule has 0 aromatic heterocycles. The third-order valence-electron chi connectivity index (χ3n) is 6.17. The van der Waals surface area contributed by atoms with Crippen LogP contribution in [-0.2, 0) is 22.7 Å². The zero-order valence-corrected chi connectivity index (χ0v) is 16.9. The topological polar surface area (TPSA) is 52.7 Å². The molecule has 1 N–H and O–H groups in total. The second-order valence-corrected chi connectivity index (χ2v) is 8.38. The molecule has 0 spiro atoms. The summed E-state index contributed by atoms with van der Waals surface area (Å²) < 4.78 is 0. The van der Waals surface area contributed by atoms with Gasteiger partial charge in [-0.1, -0.05) is 37.1 Å². The summed E-state index contributed by atoms with van der Waals surface area (Å²) in [6, 6.07) is 9.10. The molecule has 1 saturated carbocycles. The molecule has 1 aromatic carbocycles. The van der Waals surface area contributed by atoms with Crippen molar-refractivity contribution in [2.24, 2.45) is 5.92 Å². The fourth-order valence-electron chi connectivity index (χ4n) is 4.14. The van der Waals surface area contributed by atoms with E-state index in [1.165, 1.54) is 18.4 Å². The summed E-state index contributed by atoms with van der Waals surface area (Å²) >= 11 is 0. The van der Waals surface area contributed by atoms with E-state index in [0.29, 0.717) is 31.6 Å². The number of nitrogens with one attached hydrogen (secondary N) is 1. The lowest BCUT2D eigenvalue weighted by atomic mass is 10.0. The Bertz CT molecular complexity index is 667. The van der Waals surface area contributed by atoms with Crippen LogP contribution in [0.3, 0.4) is 0 Å². The van der Waals surface area contributed by atoms with Gasteiger partial charge in [0.05, 0.1) is 5.92 Å². The molecule has 1 heterocycles. The summed E-state index contributed by atoms with van der Waals surface area (Å²) in [4.78, 5) is 29.2. The van der Waals surface area contributed by atoms with E-state index in [2.05, 4.69) is 43.2 Å². The molecule has 1 aliphatic carbocycles. The Kier molecular flexibility index (Phi) is 6.53. The van der Waals surface area contributed by atoms with E-state index in [4.69, 9.17) is 0 Å². The first-order valence-electron chi connectivity index (χ1n) is 10.3. The number of hydrogen-bond donors (Lipinski definition) is 1. The van der Waals surface area contributed by atoms with Crippen LogP contribution in [0, 0.1) is 5.92 Å². The maximum absolute atomic E-state index is 12.7. The third kappa shape index (κ3) is 4.89. The minimum atomic E-state index is -0.205. The van der Waals surface area contributed by atoms with E-state index in [1.807, 2.05) is 17.0 Å². The van der Waals surface area contributed by atoms with E-state index in [-0.39, 0.29) is 17.7 Å². The highest BCUT2D eigenvalue weighted by molar-refractivity contribution is 5.89. The van der Waals surface area contributed by atoms with Crippen molar-refractivity contribution in [1.29, 1.82) is 0 Å². The van der Waals surface area contributed by atoms with Gasteiger partial charge in [-0.3, -0.25) is 14.5 Å². The van der Waals surface area contributed by atoms with Crippen molar-refractivity contribution in [2.75, 3.05) is 13.6 Å². The Hall–Kier alpha value is -1.88. The van der Waals surface area contributed by atoms with Gasteiger partial charge in [0.15, 0.2) is 0 Å². The molecule has 5 heteroatoms. The van der Waals surface area contributed by atoms with Gasteiger partial charge in [-0.15, -0.1) is 0 Å². The lowest BCUT2D eigenvalue weighted by Crippen LogP contribution is -2.37. The van der Waals surface area contributed by atoms with Crippen molar-refractivity contribution < 1.29 is 9.59 Å². The molecule has 0 radical (unpaired) electrons. The molecule has 2 aliphatic rings. The van der Waals surface area contributed by atoms with Crippen LogP contribution in [0.2, 0.25) is 0 Å². The lowest BCUT2D eigenvalue weighted by Gasteiger charge is -2.24. The van der Waals surface area contributed by atoms with Gasteiger partial charge in [0.2, 0.25) is 11.8 Å². The van der Waals surface area contributed by atoms with Crippen molar-refractivity contribution >= 4 is 11.8 Å². The van der Waals surface area contributed by atoms with Crippen LogP contribution in [0.5, 0.6) is 0 Å². The summed E-state index contributed by atoms with van der Waals surface area (Å²) in [7, 11) is 2.11. The Morgan fingerprint density at radius 3 is 2.56 bits per heavy atom. The molecular weight excluding hydrogens is 338 g/mol. The number of nitrogens with zero attached hydrogens (tertiary/aromatic N) is 2. The molecule has 2 amide bonds. The van der Waals surface area contributed by atoms with E-state index in [0.717, 1.165) is 24.9 Å². The SMILES string of the molecule is CC(C)N(C)Cc1ccccc1CNC(=O)C1CC(=O)N(C2CCCC2)C1. The van der Waals surface area contributed by atoms with E-state index in [9.17, 15) is 9.59 Å².